The van der Waals surface area contributed by atoms with E-state index in [0.29, 0.717) is 28.4 Å². The third-order valence-corrected chi connectivity index (χ3v) is 4.53. The van der Waals surface area contributed by atoms with Gasteiger partial charge in [-0.1, -0.05) is 13.8 Å². The molecule has 0 aliphatic carbocycles. The molecule has 3 N–H and O–H groups in total. The van der Waals surface area contributed by atoms with Crippen molar-refractivity contribution in [2.75, 3.05) is 5.73 Å². The van der Waals surface area contributed by atoms with E-state index in [1.807, 2.05) is 33.8 Å². The predicted molar refractivity (Wildman–Crippen MR) is 114 cm³/mol. The third-order valence-electron chi connectivity index (χ3n) is 4.53. The van der Waals surface area contributed by atoms with E-state index in [0.717, 1.165) is 11.1 Å². The number of nitrogens with two attached hydrogens (primary N) is 1. The lowest BCUT2D eigenvalue weighted by atomic mass is 10.1. The summed E-state index contributed by atoms with van der Waals surface area (Å²) in [5.74, 6) is 0.644. The number of pyridine rings is 1. The number of hydrogen-bond acceptors (Lipinski definition) is 6. The second-order valence-electron chi connectivity index (χ2n) is 7.51. The van der Waals surface area contributed by atoms with Gasteiger partial charge in [-0.2, -0.15) is 5.26 Å². The quantitative estimate of drug-likeness (QED) is 0.672. The van der Waals surface area contributed by atoms with Crippen LogP contribution in [-0.4, -0.2) is 14.5 Å². The van der Waals surface area contributed by atoms with Crippen LogP contribution in [0.1, 0.15) is 47.7 Å². The number of nitrogens with one attached hydrogen (secondary N) is 1. The van der Waals surface area contributed by atoms with Crippen LogP contribution in [0, 0.1) is 25.2 Å². The monoisotopic (exact) mass is 405 g/mol. The standard InChI is InChI=1S/C22H23N5O3/c1-12(2)19-20(28)26-22(29)27(11-16-7-14(4)25-18(24)9-16)21(19)30-17-6-13(3)5-15(8-17)10-23/h5-9,12H,11H2,1-4H3,(H2,24,25)(H,26,28,29). The maximum atomic E-state index is 12.7. The Hall–Kier alpha value is -3.86. The number of anilines is 1. The summed E-state index contributed by atoms with van der Waals surface area (Å²) in [5, 5.41) is 9.25. The minimum Gasteiger partial charge on any atom is -0.440 e. The molecule has 2 aromatic heterocycles. The first-order chi connectivity index (χ1) is 14.2. The number of nitrogens with zero attached hydrogens (tertiary/aromatic N) is 3. The molecule has 30 heavy (non-hydrogen) atoms. The first kappa shape index (κ1) is 20.9. The molecule has 3 aromatic rings. The highest BCUT2D eigenvalue weighted by Crippen LogP contribution is 2.29. The third kappa shape index (κ3) is 4.41. The van der Waals surface area contributed by atoms with Crippen LogP contribution < -0.4 is 21.7 Å². The van der Waals surface area contributed by atoms with E-state index in [1.165, 1.54) is 4.57 Å². The van der Waals surface area contributed by atoms with Gasteiger partial charge < -0.3 is 10.5 Å². The topological polar surface area (TPSA) is 127 Å². The zero-order valence-corrected chi connectivity index (χ0v) is 17.3. The Morgan fingerprint density at radius 2 is 1.93 bits per heavy atom. The summed E-state index contributed by atoms with van der Waals surface area (Å²) in [5.41, 5.74) is 7.80. The highest BCUT2D eigenvalue weighted by atomic mass is 16.5. The summed E-state index contributed by atoms with van der Waals surface area (Å²) in [6.07, 6.45) is 0. The highest BCUT2D eigenvalue weighted by molar-refractivity contribution is 5.43. The Balaban J connectivity index is 2.21. The normalized spacial score (nSPS) is 10.8. The molecule has 0 amide bonds. The van der Waals surface area contributed by atoms with Crippen LogP contribution in [0.25, 0.3) is 0 Å². The molecule has 0 aliphatic heterocycles. The number of benzene rings is 1. The van der Waals surface area contributed by atoms with E-state index in [-0.39, 0.29) is 18.3 Å². The van der Waals surface area contributed by atoms with Crippen molar-refractivity contribution in [3.05, 3.63) is 79.1 Å². The number of nitrogen functional groups attached to an aromatic ring is 1. The van der Waals surface area contributed by atoms with Crippen molar-refractivity contribution in [3.63, 3.8) is 0 Å². The van der Waals surface area contributed by atoms with Crippen LogP contribution in [0.2, 0.25) is 0 Å². The molecule has 0 radical (unpaired) electrons. The van der Waals surface area contributed by atoms with Crippen LogP contribution >= 0.6 is 0 Å². The van der Waals surface area contributed by atoms with Crippen molar-refractivity contribution in [1.29, 1.82) is 5.26 Å². The fourth-order valence-corrected chi connectivity index (χ4v) is 3.35. The van der Waals surface area contributed by atoms with Gasteiger partial charge in [-0.15, -0.1) is 0 Å². The number of ether oxygens (including phenoxy) is 1. The molecule has 0 saturated heterocycles. The SMILES string of the molecule is Cc1cc(C#N)cc(Oc2c(C(C)C)c(=O)[nH]c(=O)n2Cc2cc(C)nc(N)c2)c1. The van der Waals surface area contributed by atoms with Crippen molar-refractivity contribution in [2.24, 2.45) is 0 Å². The van der Waals surface area contributed by atoms with Gasteiger partial charge in [-0.3, -0.25) is 14.3 Å². The molecule has 0 unspecified atom stereocenters. The number of H-pyrrole nitrogens is 1. The largest absolute Gasteiger partial charge is 0.440 e. The van der Waals surface area contributed by atoms with Gasteiger partial charge in [0.05, 0.1) is 23.7 Å². The van der Waals surface area contributed by atoms with Gasteiger partial charge in [0.2, 0.25) is 5.88 Å². The van der Waals surface area contributed by atoms with Crippen LogP contribution in [0.4, 0.5) is 5.82 Å². The second kappa shape index (κ2) is 8.25. The van der Waals surface area contributed by atoms with Gasteiger partial charge in [0.15, 0.2) is 0 Å². The number of hydrogen-bond donors (Lipinski definition) is 2. The number of rotatable bonds is 5. The second-order valence-corrected chi connectivity index (χ2v) is 7.51. The Labute approximate surface area is 173 Å². The van der Waals surface area contributed by atoms with Gasteiger partial charge in [0, 0.05) is 5.69 Å². The van der Waals surface area contributed by atoms with E-state index in [4.69, 9.17) is 10.5 Å². The summed E-state index contributed by atoms with van der Waals surface area (Å²) < 4.78 is 7.43. The van der Waals surface area contributed by atoms with Gasteiger partial charge in [-0.05, 0) is 61.2 Å². The zero-order valence-electron chi connectivity index (χ0n) is 17.3. The number of aromatic amines is 1. The fourth-order valence-electron chi connectivity index (χ4n) is 3.35. The first-order valence-corrected chi connectivity index (χ1v) is 9.47. The molecule has 154 valence electrons. The van der Waals surface area contributed by atoms with Crippen LogP contribution in [-0.2, 0) is 6.54 Å². The predicted octanol–water partition coefficient (Wildman–Crippen LogP) is 2.97. The Kier molecular flexibility index (Phi) is 5.74. The molecular weight excluding hydrogens is 382 g/mol. The van der Waals surface area contributed by atoms with E-state index in [1.54, 1.807) is 24.3 Å². The minimum absolute atomic E-state index is 0.134. The molecule has 3 rings (SSSR count). The summed E-state index contributed by atoms with van der Waals surface area (Å²) in [6, 6.07) is 10.6. The summed E-state index contributed by atoms with van der Waals surface area (Å²) >= 11 is 0. The van der Waals surface area contributed by atoms with E-state index in [2.05, 4.69) is 16.0 Å². The van der Waals surface area contributed by atoms with Crippen LogP contribution in [0.3, 0.4) is 0 Å². The smallest absolute Gasteiger partial charge is 0.331 e. The average Bonchev–Trinajstić information content (AvgIpc) is 2.63. The summed E-state index contributed by atoms with van der Waals surface area (Å²) in [4.78, 5) is 31.8. The molecule has 0 saturated carbocycles. The number of nitriles is 1. The molecule has 1 aromatic carbocycles. The highest BCUT2D eigenvalue weighted by Gasteiger charge is 2.21. The number of aromatic nitrogens is 3. The fraction of sp³-hybridized carbons (Fsp3) is 0.273. The molecule has 8 nitrogen and oxygen atoms in total. The van der Waals surface area contributed by atoms with Gasteiger partial charge in [0.25, 0.3) is 5.56 Å². The van der Waals surface area contributed by atoms with Crippen molar-refractivity contribution < 1.29 is 4.74 Å². The van der Waals surface area contributed by atoms with Crippen molar-refractivity contribution in [1.82, 2.24) is 14.5 Å². The maximum Gasteiger partial charge on any atom is 0.331 e. The molecule has 0 aliphatic rings. The lowest BCUT2D eigenvalue weighted by molar-refractivity contribution is 0.410. The van der Waals surface area contributed by atoms with E-state index < -0.39 is 11.2 Å². The first-order valence-electron chi connectivity index (χ1n) is 9.47. The van der Waals surface area contributed by atoms with Crippen LogP contribution in [0.15, 0.2) is 39.9 Å². The molecule has 0 atom stereocenters. The Bertz CT molecular complexity index is 1240. The Morgan fingerprint density at radius 1 is 1.20 bits per heavy atom. The van der Waals surface area contributed by atoms with Crippen molar-refractivity contribution >= 4 is 5.82 Å². The lowest BCUT2D eigenvalue weighted by Crippen LogP contribution is -2.34. The molecule has 2 heterocycles. The van der Waals surface area contributed by atoms with Gasteiger partial charge in [-0.25, -0.2) is 9.78 Å². The molecule has 0 spiro atoms. The minimum atomic E-state index is -0.597. The van der Waals surface area contributed by atoms with Crippen molar-refractivity contribution in [2.45, 2.75) is 40.2 Å². The van der Waals surface area contributed by atoms with E-state index in [9.17, 15) is 14.9 Å². The summed E-state index contributed by atoms with van der Waals surface area (Å²) in [7, 11) is 0. The Morgan fingerprint density at radius 3 is 2.57 bits per heavy atom. The van der Waals surface area contributed by atoms with Crippen molar-refractivity contribution in [3.8, 4) is 17.7 Å². The van der Waals surface area contributed by atoms with Gasteiger partial charge >= 0.3 is 5.69 Å². The maximum absolute atomic E-state index is 12.7. The molecule has 0 fully saturated rings. The van der Waals surface area contributed by atoms with Crippen LogP contribution in [0.5, 0.6) is 11.6 Å². The number of aryl methyl sites for hydroxylation is 2. The van der Waals surface area contributed by atoms with E-state index >= 15 is 0 Å². The molecular formula is C22H23N5O3. The van der Waals surface area contributed by atoms with Gasteiger partial charge in [0.1, 0.15) is 11.6 Å². The lowest BCUT2D eigenvalue weighted by Gasteiger charge is -2.19. The molecule has 8 heteroatoms. The summed E-state index contributed by atoms with van der Waals surface area (Å²) in [6.45, 7) is 7.47. The average molecular weight is 405 g/mol. The molecule has 0 bridgehead atoms. The zero-order chi connectivity index (χ0) is 22.0.